The zero-order chi connectivity index (χ0) is 17.4. The topological polar surface area (TPSA) is 63.3 Å². The van der Waals surface area contributed by atoms with Crippen molar-refractivity contribution in [3.05, 3.63) is 35.4 Å². The van der Waals surface area contributed by atoms with E-state index in [0.717, 1.165) is 18.4 Å². The van der Waals surface area contributed by atoms with E-state index in [2.05, 4.69) is 30.9 Å². The van der Waals surface area contributed by atoms with E-state index in [4.69, 9.17) is 5.73 Å². The maximum absolute atomic E-state index is 11.2. The Hall–Kier alpha value is -1.79. The van der Waals surface area contributed by atoms with Gasteiger partial charge in [0.05, 0.1) is 0 Å². The number of unbranched alkanes of at least 4 members (excludes halogenated alkanes) is 5. The van der Waals surface area contributed by atoms with Gasteiger partial charge in [-0.05, 0) is 49.3 Å². The lowest BCUT2D eigenvalue weighted by atomic mass is 9.93. The Balaban J connectivity index is 1.83. The Morgan fingerprint density at radius 3 is 2.58 bits per heavy atom. The summed E-state index contributed by atoms with van der Waals surface area (Å²) < 4.78 is 0. The van der Waals surface area contributed by atoms with Crippen LogP contribution in [0.5, 0.6) is 0 Å². The highest BCUT2D eigenvalue weighted by Gasteiger charge is 2.42. The zero-order valence-corrected chi connectivity index (χ0v) is 14.7. The molecule has 3 heteroatoms. The van der Waals surface area contributed by atoms with Crippen molar-refractivity contribution in [1.29, 1.82) is 0 Å². The van der Waals surface area contributed by atoms with Gasteiger partial charge in [-0.25, -0.2) is 0 Å². The van der Waals surface area contributed by atoms with Gasteiger partial charge in [-0.3, -0.25) is 4.79 Å². The molecule has 1 aliphatic carbocycles. The summed E-state index contributed by atoms with van der Waals surface area (Å²) in [6.07, 6.45) is 9.23. The standard InChI is InChI=1S/C21H29NO2/c1-2-3-4-5-6-7-8-9-17-10-12-18(13-11-17)19-14-15-21(22,16-19)20(23)24/h10-13,19H,2-7,14-16,22H2,1H3,(H,23,24)/t19-,21?/m0/s1. The van der Waals surface area contributed by atoms with Gasteiger partial charge in [0, 0.05) is 12.0 Å². The molecule has 1 fully saturated rings. The van der Waals surface area contributed by atoms with Crippen LogP contribution >= 0.6 is 0 Å². The average molecular weight is 327 g/mol. The second-order valence-corrected chi connectivity index (χ2v) is 6.99. The van der Waals surface area contributed by atoms with Crippen LogP contribution in [0.25, 0.3) is 0 Å². The average Bonchev–Trinajstić information content (AvgIpc) is 2.98. The molecule has 3 nitrogen and oxygen atoms in total. The smallest absolute Gasteiger partial charge is 0.323 e. The lowest BCUT2D eigenvalue weighted by Crippen LogP contribution is -2.45. The number of benzene rings is 1. The summed E-state index contributed by atoms with van der Waals surface area (Å²) in [5, 5.41) is 9.23. The summed E-state index contributed by atoms with van der Waals surface area (Å²) in [5.74, 6) is 5.83. The molecular weight excluding hydrogens is 298 g/mol. The number of aliphatic carboxylic acids is 1. The van der Waals surface area contributed by atoms with Crippen LogP contribution in [0.15, 0.2) is 24.3 Å². The molecule has 130 valence electrons. The third-order valence-electron chi connectivity index (χ3n) is 5.00. The van der Waals surface area contributed by atoms with Gasteiger partial charge in [0.15, 0.2) is 0 Å². The summed E-state index contributed by atoms with van der Waals surface area (Å²) in [7, 11) is 0. The number of hydrogen-bond acceptors (Lipinski definition) is 2. The van der Waals surface area contributed by atoms with Crippen molar-refractivity contribution in [2.75, 3.05) is 0 Å². The van der Waals surface area contributed by atoms with Crippen LogP contribution in [0.2, 0.25) is 0 Å². The summed E-state index contributed by atoms with van der Waals surface area (Å²) >= 11 is 0. The van der Waals surface area contributed by atoms with Crippen molar-refractivity contribution in [1.82, 2.24) is 0 Å². The van der Waals surface area contributed by atoms with Crippen molar-refractivity contribution >= 4 is 5.97 Å². The minimum Gasteiger partial charge on any atom is -0.480 e. The molecule has 0 heterocycles. The second-order valence-electron chi connectivity index (χ2n) is 6.99. The molecule has 2 rings (SSSR count). The summed E-state index contributed by atoms with van der Waals surface area (Å²) in [4.78, 5) is 11.2. The monoisotopic (exact) mass is 327 g/mol. The Morgan fingerprint density at radius 1 is 1.25 bits per heavy atom. The van der Waals surface area contributed by atoms with Gasteiger partial charge in [0.2, 0.25) is 0 Å². The van der Waals surface area contributed by atoms with Crippen molar-refractivity contribution in [3.8, 4) is 11.8 Å². The SMILES string of the molecule is CCCCCCCC#Cc1ccc([C@H]2CCC(N)(C(=O)O)C2)cc1. The number of carboxylic acids is 1. The molecule has 1 aromatic carbocycles. The first-order valence-electron chi connectivity index (χ1n) is 9.16. The van der Waals surface area contributed by atoms with Crippen molar-refractivity contribution in [2.45, 2.75) is 76.2 Å². The quantitative estimate of drug-likeness (QED) is 0.574. The molecule has 1 aromatic rings. The van der Waals surface area contributed by atoms with Crippen LogP contribution in [-0.4, -0.2) is 16.6 Å². The third-order valence-corrected chi connectivity index (χ3v) is 5.00. The molecule has 0 saturated heterocycles. The van der Waals surface area contributed by atoms with Crippen LogP contribution in [0.1, 0.15) is 81.8 Å². The highest BCUT2D eigenvalue weighted by molar-refractivity contribution is 5.79. The summed E-state index contributed by atoms with van der Waals surface area (Å²) in [5.41, 5.74) is 7.11. The lowest BCUT2D eigenvalue weighted by molar-refractivity contribution is -0.143. The first-order chi connectivity index (χ1) is 11.5. The normalized spacial score (nSPS) is 22.8. The van der Waals surface area contributed by atoms with Crippen LogP contribution in [0.4, 0.5) is 0 Å². The second kappa shape index (κ2) is 8.89. The number of nitrogens with two attached hydrogens (primary N) is 1. The largest absolute Gasteiger partial charge is 0.480 e. The molecule has 0 spiro atoms. The van der Waals surface area contributed by atoms with Gasteiger partial charge in [-0.2, -0.15) is 0 Å². The van der Waals surface area contributed by atoms with Crippen molar-refractivity contribution in [3.63, 3.8) is 0 Å². The fraction of sp³-hybridized carbons (Fsp3) is 0.571. The summed E-state index contributed by atoms with van der Waals surface area (Å²) in [6, 6.07) is 8.22. The first-order valence-corrected chi connectivity index (χ1v) is 9.16. The maximum Gasteiger partial charge on any atom is 0.323 e. The van der Waals surface area contributed by atoms with Crippen molar-refractivity contribution < 1.29 is 9.90 Å². The van der Waals surface area contributed by atoms with Crippen LogP contribution in [0, 0.1) is 11.8 Å². The van der Waals surface area contributed by atoms with Gasteiger partial charge >= 0.3 is 5.97 Å². The predicted molar refractivity (Wildman–Crippen MR) is 97.8 cm³/mol. The molecule has 0 bridgehead atoms. The van der Waals surface area contributed by atoms with Crippen LogP contribution < -0.4 is 5.73 Å². The fourth-order valence-electron chi connectivity index (χ4n) is 3.37. The van der Waals surface area contributed by atoms with E-state index in [-0.39, 0.29) is 5.92 Å². The minimum atomic E-state index is -1.05. The molecule has 2 atom stereocenters. The van der Waals surface area contributed by atoms with Crippen molar-refractivity contribution in [2.24, 2.45) is 5.73 Å². The highest BCUT2D eigenvalue weighted by atomic mass is 16.4. The van der Waals surface area contributed by atoms with Gasteiger partial charge in [0.1, 0.15) is 5.54 Å². The highest BCUT2D eigenvalue weighted by Crippen LogP contribution is 2.39. The molecule has 1 unspecified atom stereocenters. The summed E-state index contributed by atoms with van der Waals surface area (Å²) in [6.45, 7) is 2.23. The van der Waals surface area contributed by atoms with E-state index < -0.39 is 11.5 Å². The first kappa shape index (κ1) is 18.5. The Labute approximate surface area is 145 Å². The van der Waals surface area contributed by atoms with Gasteiger partial charge < -0.3 is 10.8 Å². The molecule has 0 radical (unpaired) electrons. The van der Waals surface area contributed by atoms with Crippen LogP contribution in [-0.2, 0) is 4.79 Å². The molecule has 1 aliphatic rings. The number of carboxylic acid groups (broad SMARTS) is 1. The molecule has 24 heavy (non-hydrogen) atoms. The number of rotatable bonds is 7. The van der Waals surface area contributed by atoms with E-state index in [9.17, 15) is 9.90 Å². The maximum atomic E-state index is 11.2. The third kappa shape index (κ3) is 5.11. The minimum absolute atomic E-state index is 0.242. The van der Waals surface area contributed by atoms with Gasteiger partial charge in [0.25, 0.3) is 0 Å². The molecule has 0 aromatic heterocycles. The van der Waals surface area contributed by atoms with E-state index in [1.54, 1.807) is 0 Å². The van der Waals surface area contributed by atoms with E-state index in [0.29, 0.717) is 12.8 Å². The fourth-order valence-corrected chi connectivity index (χ4v) is 3.37. The van der Waals surface area contributed by atoms with E-state index >= 15 is 0 Å². The molecular formula is C21H29NO2. The van der Waals surface area contributed by atoms with Gasteiger partial charge in [-0.15, -0.1) is 0 Å². The van der Waals surface area contributed by atoms with Gasteiger partial charge in [-0.1, -0.05) is 56.6 Å². The Morgan fingerprint density at radius 2 is 1.96 bits per heavy atom. The van der Waals surface area contributed by atoms with E-state index in [1.165, 1.54) is 37.7 Å². The predicted octanol–water partition coefficient (Wildman–Crippen LogP) is 4.45. The lowest BCUT2D eigenvalue weighted by Gasteiger charge is -2.18. The molecule has 0 amide bonds. The number of hydrogen-bond donors (Lipinski definition) is 2. The number of carbonyl (C=O) groups is 1. The zero-order valence-electron chi connectivity index (χ0n) is 14.7. The molecule has 3 N–H and O–H groups in total. The van der Waals surface area contributed by atoms with E-state index in [1.807, 2.05) is 12.1 Å². The Kier molecular flexibility index (Phi) is 6.87. The molecule has 1 saturated carbocycles. The molecule has 0 aliphatic heterocycles. The Bertz CT molecular complexity index is 597. The van der Waals surface area contributed by atoms with Crippen LogP contribution in [0.3, 0.4) is 0 Å².